The molecule has 4 rings (SSSR count). The highest BCUT2D eigenvalue weighted by Gasteiger charge is 2.41. The Bertz CT molecular complexity index is 1350. The Hall–Kier alpha value is -3.61. The Morgan fingerprint density at radius 1 is 1.16 bits per heavy atom. The van der Waals surface area contributed by atoms with Crippen molar-refractivity contribution < 1.29 is 47.0 Å². The van der Waals surface area contributed by atoms with Crippen LogP contribution in [0.15, 0.2) is 45.6 Å². The average molecular weight is 537 g/mol. The zero-order valence-corrected chi connectivity index (χ0v) is 20.6. The highest BCUT2D eigenvalue weighted by molar-refractivity contribution is 5.89. The van der Waals surface area contributed by atoms with Gasteiger partial charge in [-0.2, -0.15) is 13.2 Å². The number of rotatable bonds is 8. The van der Waals surface area contributed by atoms with Crippen LogP contribution in [0.5, 0.6) is 17.2 Å². The molecule has 2 heterocycles. The van der Waals surface area contributed by atoms with Crippen molar-refractivity contribution in [3.8, 4) is 17.2 Å². The quantitative estimate of drug-likeness (QED) is 0.417. The van der Waals surface area contributed by atoms with Crippen LogP contribution in [-0.2, 0) is 17.5 Å². The molecule has 3 aromatic rings. The molecule has 1 aliphatic rings. The van der Waals surface area contributed by atoms with Crippen molar-refractivity contribution in [2.45, 2.75) is 19.6 Å². The Morgan fingerprint density at radius 3 is 2.45 bits per heavy atom. The average Bonchev–Trinajstić information content (AvgIpc) is 2.88. The third kappa shape index (κ3) is 5.93. The molecule has 1 saturated heterocycles. The van der Waals surface area contributed by atoms with Crippen molar-refractivity contribution >= 4 is 16.9 Å². The molecule has 12 heteroatoms. The molecule has 1 aromatic heterocycles. The Kier molecular flexibility index (Phi) is 8.24. The van der Waals surface area contributed by atoms with Crippen LogP contribution in [0.4, 0.5) is 13.2 Å². The molecular weight excluding hydrogens is 509 g/mol. The van der Waals surface area contributed by atoms with Crippen LogP contribution in [0, 0.1) is 0 Å². The molecule has 0 atom stereocenters. The number of halogens is 3. The first-order valence-corrected chi connectivity index (χ1v) is 12.1. The summed E-state index contributed by atoms with van der Waals surface area (Å²) in [7, 11) is 0. The molecule has 0 unspecified atom stereocenters. The second-order valence-electron chi connectivity index (χ2n) is 8.85. The number of ether oxygens (including phenoxy) is 2. The van der Waals surface area contributed by atoms with Gasteiger partial charge < -0.3 is 29.0 Å². The number of nitrogens with zero attached hydrogens (tertiary/aromatic N) is 1. The number of hydrogen-bond donors (Lipinski definition) is 2. The number of β-amino-alcohol motifs (C(OH)–C–C–N with tert-alkyl or cyclic N) is 1. The Labute approximate surface area is 215 Å². The van der Waals surface area contributed by atoms with E-state index >= 15 is 0 Å². The summed E-state index contributed by atoms with van der Waals surface area (Å²) in [5, 5.41) is 21.6. The lowest BCUT2D eigenvalue weighted by molar-refractivity contribution is -0.918. The zero-order chi connectivity index (χ0) is 27.4. The number of piperazine rings is 1. The van der Waals surface area contributed by atoms with Gasteiger partial charge in [0.05, 0.1) is 37.3 Å². The summed E-state index contributed by atoms with van der Waals surface area (Å²) in [6.45, 7) is 4.93. The number of carbonyl (C=O) groups is 1. The van der Waals surface area contributed by atoms with Crippen molar-refractivity contribution in [3.63, 3.8) is 0 Å². The molecule has 0 saturated carbocycles. The molecule has 204 valence electrons. The van der Waals surface area contributed by atoms with E-state index in [1.165, 1.54) is 24.3 Å². The van der Waals surface area contributed by atoms with Crippen LogP contribution < -0.4 is 20.2 Å². The fourth-order valence-corrected chi connectivity index (χ4v) is 4.38. The molecule has 1 aliphatic heterocycles. The van der Waals surface area contributed by atoms with E-state index in [4.69, 9.17) is 19.0 Å². The SMILES string of the molecule is CCOC(=O)c1ccc(Oc2c(C(F)(F)F)oc3c(C[NH+]4CCN(CCO)CC4)c([O-])ccc3c2=O)cc1. The van der Waals surface area contributed by atoms with Gasteiger partial charge in [0.15, 0.2) is 0 Å². The molecular formula is C26H27F3N2O7. The highest BCUT2D eigenvalue weighted by Crippen LogP contribution is 2.39. The molecule has 38 heavy (non-hydrogen) atoms. The first-order chi connectivity index (χ1) is 18.1. The minimum absolute atomic E-state index is 0.0129. The largest absolute Gasteiger partial charge is 0.872 e. The lowest BCUT2D eigenvalue weighted by atomic mass is 10.1. The second kappa shape index (κ2) is 11.4. The second-order valence-corrected chi connectivity index (χ2v) is 8.85. The van der Waals surface area contributed by atoms with Gasteiger partial charge in [0, 0.05) is 25.2 Å². The molecule has 0 bridgehead atoms. The third-order valence-electron chi connectivity index (χ3n) is 6.33. The van der Waals surface area contributed by atoms with Gasteiger partial charge in [-0.3, -0.25) is 9.69 Å². The number of esters is 1. The number of quaternary nitrogens is 1. The molecule has 1 fully saturated rings. The van der Waals surface area contributed by atoms with Crippen LogP contribution in [0.3, 0.4) is 0 Å². The molecule has 0 spiro atoms. The predicted molar refractivity (Wildman–Crippen MR) is 127 cm³/mol. The number of benzene rings is 2. The lowest BCUT2D eigenvalue weighted by Crippen LogP contribution is -3.13. The molecule has 0 radical (unpaired) electrons. The fraction of sp³-hybridized carbons (Fsp3) is 0.385. The summed E-state index contributed by atoms with van der Waals surface area (Å²) in [5.41, 5.74) is -1.34. The number of hydrogen-bond acceptors (Lipinski definition) is 8. The minimum Gasteiger partial charge on any atom is -0.872 e. The number of nitrogens with one attached hydrogen (secondary N) is 1. The van der Waals surface area contributed by atoms with Gasteiger partial charge >= 0.3 is 12.1 Å². The van der Waals surface area contributed by atoms with E-state index in [2.05, 4.69) is 4.90 Å². The fourth-order valence-electron chi connectivity index (χ4n) is 4.38. The van der Waals surface area contributed by atoms with E-state index < -0.39 is 40.4 Å². The van der Waals surface area contributed by atoms with Crippen LogP contribution in [-0.4, -0.2) is 61.9 Å². The number of fused-ring (bicyclic) bond motifs is 1. The van der Waals surface area contributed by atoms with Crippen molar-refractivity contribution in [1.82, 2.24) is 4.90 Å². The summed E-state index contributed by atoms with van der Waals surface area (Å²) >= 11 is 0. The Morgan fingerprint density at radius 2 is 1.84 bits per heavy atom. The summed E-state index contributed by atoms with van der Waals surface area (Å²) in [6, 6.07) is 7.35. The highest BCUT2D eigenvalue weighted by atomic mass is 19.4. The summed E-state index contributed by atoms with van der Waals surface area (Å²) in [6.07, 6.45) is -5.09. The maximum atomic E-state index is 14.0. The van der Waals surface area contributed by atoms with Gasteiger partial charge in [0.2, 0.25) is 11.2 Å². The third-order valence-corrected chi connectivity index (χ3v) is 6.33. The van der Waals surface area contributed by atoms with E-state index in [0.717, 1.165) is 17.0 Å². The number of carbonyl (C=O) groups excluding carboxylic acids is 1. The van der Waals surface area contributed by atoms with Gasteiger partial charge in [-0.05, 0) is 37.3 Å². The van der Waals surface area contributed by atoms with Gasteiger partial charge in [0.25, 0.3) is 5.76 Å². The van der Waals surface area contributed by atoms with Crippen molar-refractivity contribution in [2.24, 2.45) is 0 Å². The summed E-state index contributed by atoms with van der Waals surface area (Å²) in [5.74, 6) is -3.98. The molecule has 0 amide bonds. The van der Waals surface area contributed by atoms with Gasteiger partial charge in [-0.25, -0.2) is 4.79 Å². The molecule has 2 aromatic carbocycles. The van der Waals surface area contributed by atoms with E-state index in [9.17, 15) is 27.9 Å². The smallest absolute Gasteiger partial charge is 0.453 e. The maximum Gasteiger partial charge on any atom is 0.453 e. The lowest BCUT2D eigenvalue weighted by Gasteiger charge is -2.32. The maximum absolute atomic E-state index is 14.0. The van der Waals surface area contributed by atoms with Crippen molar-refractivity contribution in [2.75, 3.05) is 45.9 Å². The summed E-state index contributed by atoms with van der Waals surface area (Å²) < 4.78 is 57.6. The van der Waals surface area contributed by atoms with Crippen LogP contribution >= 0.6 is 0 Å². The van der Waals surface area contributed by atoms with Gasteiger partial charge in [0.1, 0.15) is 17.9 Å². The van der Waals surface area contributed by atoms with Crippen LogP contribution in [0.2, 0.25) is 0 Å². The van der Waals surface area contributed by atoms with E-state index in [-0.39, 0.29) is 42.0 Å². The first kappa shape index (κ1) is 27.4. The van der Waals surface area contributed by atoms with E-state index in [0.29, 0.717) is 32.7 Å². The van der Waals surface area contributed by atoms with E-state index in [1.54, 1.807) is 6.92 Å². The van der Waals surface area contributed by atoms with Gasteiger partial charge in [-0.1, -0.05) is 11.8 Å². The van der Waals surface area contributed by atoms with Crippen molar-refractivity contribution in [1.29, 1.82) is 0 Å². The van der Waals surface area contributed by atoms with Crippen molar-refractivity contribution in [3.05, 3.63) is 63.5 Å². The molecule has 0 aliphatic carbocycles. The minimum atomic E-state index is -5.09. The normalized spacial score (nSPS) is 15.1. The van der Waals surface area contributed by atoms with Gasteiger partial charge in [-0.15, -0.1) is 0 Å². The number of aliphatic hydroxyl groups is 1. The van der Waals surface area contributed by atoms with E-state index in [1.807, 2.05) is 0 Å². The number of aliphatic hydroxyl groups excluding tert-OH is 1. The monoisotopic (exact) mass is 536 g/mol. The first-order valence-electron chi connectivity index (χ1n) is 12.1. The number of alkyl halides is 3. The van der Waals surface area contributed by atoms with Crippen LogP contribution in [0.25, 0.3) is 11.0 Å². The topological polar surface area (TPSA) is 117 Å². The molecule has 2 N–H and O–H groups in total. The predicted octanol–water partition coefficient (Wildman–Crippen LogP) is 1.55. The zero-order valence-electron chi connectivity index (χ0n) is 20.6. The molecule has 9 nitrogen and oxygen atoms in total. The Balaban J connectivity index is 1.70. The summed E-state index contributed by atoms with van der Waals surface area (Å²) in [4.78, 5) is 28.1. The van der Waals surface area contributed by atoms with Crippen LogP contribution in [0.1, 0.15) is 28.6 Å². The standard InChI is InChI=1S/C26H27F3N2O7/c1-2-36-25(35)16-3-5-17(6-4-16)37-23-21(34)18-7-8-20(33)19(22(18)38-24(23)26(27,28)29)15-31-11-9-30(10-12-31)13-14-32/h3-8,32-33H,2,9-15H2,1H3.